The minimum absolute atomic E-state index is 0.0460. The number of benzene rings is 3. The van der Waals surface area contributed by atoms with E-state index >= 15 is 0 Å². The van der Waals surface area contributed by atoms with Crippen molar-refractivity contribution in [3.05, 3.63) is 112 Å². The Morgan fingerprint density at radius 3 is 2.18 bits per heavy atom. The summed E-state index contributed by atoms with van der Waals surface area (Å²) in [6.45, 7) is 5.76. The standard InChI is InChI=1S/C27H26N2O4S/c1-18-7-11-23(12-8-18)25-20(3)27(31)29(34(25,32)33)17-21-9-13-24(14-10-21)26(30)28-16-22-6-4-5-19(2)15-22/h4-15H,16-17H2,1-3H3,(H,28,30). The van der Waals surface area contributed by atoms with Gasteiger partial charge in [-0.3, -0.25) is 9.59 Å². The molecule has 34 heavy (non-hydrogen) atoms. The van der Waals surface area contributed by atoms with E-state index in [1.165, 1.54) is 6.92 Å². The van der Waals surface area contributed by atoms with Crippen LogP contribution in [-0.4, -0.2) is 24.5 Å². The highest BCUT2D eigenvalue weighted by atomic mass is 32.2. The number of sulfonamides is 1. The Labute approximate surface area is 200 Å². The molecule has 0 saturated heterocycles. The van der Waals surface area contributed by atoms with E-state index in [9.17, 15) is 18.0 Å². The number of carbonyl (C=O) groups is 2. The van der Waals surface area contributed by atoms with Crippen molar-refractivity contribution >= 4 is 26.7 Å². The Kier molecular flexibility index (Phi) is 6.39. The van der Waals surface area contributed by atoms with Gasteiger partial charge in [-0.1, -0.05) is 71.8 Å². The molecule has 0 atom stereocenters. The van der Waals surface area contributed by atoms with E-state index in [0.717, 1.165) is 21.0 Å². The molecule has 0 spiro atoms. The van der Waals surface area contributed by atoms with E-state index in [1.54, 1.807) is 36.4 Å². The number of aryl methyl sites for hydroxylation is 2. The second-order valence-electron chi connectivity index (χ2n) is 8.51. The van der Waals surface area contributed by atoms with Crippen LogP contribution in [0.3, 0.4) is 0 Å². The summed E-state index contributed by atoms with van der Waals surface area (Å²) >= 11 is 0. The predicted octanol–water partition coefficient (Wildman–Crippen LogP) is 4.34. The summed E-state index contributed by atoms with van der Waals surface area (Å²) in [7, 11) is -3.98. The molecule has 2 amide bonds. The molecule has 0 fully saturated rings. The minimum Gasteiger partial charge on any atom is -0.348 e. The number of carbonyl (C=O) groups excluding carboxylic acids is 2. The lowest BCUT2D eigenvalue weighted by Crippen LogP contribution is -2.31. The number of nitrogens with zero attached hydrogens (tertiary/aromatic N) is 1. The maximum absolute atomic E-state index is 13.2. The average Bonchev–Trinajstić information content (AvgIpc) is 2.98. The Hall–Kier alpha value is -3.71. The largest absolute Gasteiger partial charge is 0.348 e. The summed E-state index contributed by atoms with van der Waals surface area (Å²) in [5.41, 5.74) is 4.92. The molecule has 7 heteroatoms. The Bertz CT molecular complexity index is 1390. The summed E-state index contributed by atoms with van der Waals surface area (Å²) in [6.07, 6.45) is 0. The van der Waals surface area contributed by atoms with E-state index in [-0.39, 0.29) is 22.9 Å². The van der Waals surface area contributed by atoms with Crippen molar-refractivity contribution in [2.45, 2.75) is 33.9 Å². The fourth-order valence-corrected chi connectivity index (χ4v) is 5.76. The van der Waals surface area contributed by atoms with Crippen molar-refractivity contribution < 1.29 is 18.0 Å². The normalized spacial score (nSPS) is 15.0. The maximum Gasteiger partial charge on any atom is 0.268 e. The van der Waals surface area contributed by atoms with Gasteiger partial charge in [0.1, 0.15) is 4.91 Å². The topological polar surface area (TPSA) is 83.6 Å². The van der Waals surface area contributed by atoms with Crippen LogP contribution in [0.15, 0.2) is 78.4 Å². The van der Waals surface area contributed by atoms with Crippen molar-refractivity contribution in [3.63, 3.8) is 0 Å². The minimum atomic E-state index is -3.98. The second kappa shape index (κ2) is 9.27. The first-order chi connectivity index (χ1) is 16.2. The van der Waals surface area contributed by atoms with Crippen molar-refractivity contribution in [1.29, 1.82) is 0 Å². The van der Waals surface area contributed by atoms with Crippen molar-refractivity contribution in [2.24, 2.45) is 0 Å². The SMILES string of the molecule is CC1=C(c2ccc(C)cc2)S(=O)(=O)N(Cc2ccc(C(=O)NCc3cccc(C)c3)cc2)C1=O. The van der Waals surface area contributed by atoms with Gasteiger partial charge in [0.05, 0.1) is 6.54 Å². The Morgan fingerprint density at radius 2 is 1.53 bits per heavy atom. The van der Waals surface area contributed by atoms with Crippen LogP contribution in [0.4, 0.5) is 0 Å². The molecule has 0 saturated carbocycles. The summed E-state index contributed by atoms with van der Waals surface area (Å²) in [4.78, 5) is 25.4. The van der Waals surface area contributed by atoms with Gasteiger partial charge in [0, 0.05) is 17.7 Å². The fourth-order valence-electron chi connectivity index (χ4n) is 3.96. The van der Waals surface area contributed by atoms with Crippen molar-refractivity contribution in [1.82, 2.24) is 9.62 Å². The molecule has 174 valence electrons. The number of amides is 2. The van der Waals surface area contributed by atoms with Crippen LogP contribution in [0, 0.1) is 13.8 Å². The first kappa shape index (κ1) is 23.4. The summed E-state index contributed by atoms with van der Waals surface area (Å²) in [6, 6.07) is 21.6. The van der Waals surface area contributed by atoms with E-state index in [1.807, 2.05) is 50.2 Å². The molecule has 0 aliphatic carbocycles. The zero-order valence-electron chi connectivity index (χ0n) is 19.3. The van der Waals surface area contributed by atoms with Crippen LogP contribution in [0.5, 0.6) is 0 Å². The summed E-state index contributed by atoms with van der Waals surface area (Å²) in [5.74, 6) is -0.757. The first-order valence-electron chi connectivity index (χ1n) is 10.9. The van der Waals surface area contributed by atoms with Crippen LogP contribution in [0.25, 0.3) is 4.91 Å². The van der Waals surface area contributed by atoms with Crippen molar-refractivity contribution in [2.75, 3.05) is 0 Å². The molecule has 0 unspecified atom stereocenters. The third-order valence-electron chi connectivity index (χ3n) is 5.83. The zero-order chi connectivity index (χ0) is 24.5. The van der Waals surface area contributed by atoms with E-state index in [0.29, 0.717) is 23.2 Å². The molecule has 1 aliphatic rings. The first-order valence-corrected chi connectivity index (χ1v) is 12.4. The highest BCUT2D eigenvalue weighted by Gasteiger charge is 2.42. The summed E-state index contributed by atoms with van der Waals surface area (Å²) in [5, 5.41) is 2.88. The van der Waals surface area contributed by atoms with Gasteiger partial charge in [0.25, 0.3) is 21.8 Å². The van der Waals surface area contributed by atoms with Crippen LogP contribution < -0.4 is 5.32 Å². The van der Waals surface area contributed by atoms with Gasteiger partial charge in [0.2, 0.25) is 0 Å². The lowest BCUT2D eigenvalue weighted by atomic mass is 10.1. The monoisotopic (exact) mass is 474 g/mol. The molecule has 0 aromatic heterocycles. The van der Waals surface area contributed by atoms with Gasteiger partial charge in [-0.15, -0.1) is 0 Å². The molecular weight excluding hydrogens is 448 g/mol. The van der Waals surface area contributed by atoms with Gasteiger partial charge in [-0.2, -0.15) is 0 Å². The van der Waals surface area contributed by atoms with Gasteiger partial charge >= 0.3 is 0 Å². The smallest absolute Gasteiger partial charge is 0.268 e. The molecule has 1 aliphatic heterocycles. The van der Waals surface area contributed by atoms with E-state index < -0.39 is 15.9 Å². The molecule has 0 bridgehead atoms. The molecule has 3 aromatic carbocycles. The lowest BCUT2D eigenvalue weighted by Gasteiger charge is -2.17. The second-order valence-corrected chi connectivity index (χ2v) is 10.3. The van der Waals surface area contributed by atoms with Gasteiger partial charge in [-0.05, 0) is 49.6 Å². The number of nitrogens with one attached hydrogen (secondary N) is 1. The molecule has 0 radical (unpaired) electrons. The highest BCUT2D eigenvalue weighted by molar-refractivity contribution is 7.99. The maximum atomic E-state index is 13.2. The lowest BCUT2D eigenvalue weighted by molar-refractivity contribution is -0.122. The molecule has 1 N–H and O–H groups in total. The quantitative estimate of drug-likeness (QED) is 0.576. The molecule has 4 rings (SSSR count). The molecule has 3 aromatic rings. The van der Waals surface area contributed by atoms with Gasteiger partial charge < -0.3 is 5.32 Å². The number of hydrogen-bond donors (Lipinski definition) is 1. The zero-order valence-corrected chi connectivity index (χ0v) is 20.1. The van der Waals surface area contributed by atoms with Crippen LogP contribution in [-0.2, 0) is 27.9 Å². The van der Waals surface area contributed by atoms with E-state index in [4.69, 9.17) is 0 Å². The summed E-state index contributed by atoms with van der Waals surface area (Å²) < 4.78 is 27.3. The average molecular weight is 475 g/mol. The van der Waals surface area contributed by atoms with Crippen LogP contribution in [0.1, 0.15) is 45.1 Å². The predicted molar refractivity (Wildman–Crippen MR) is 132 cm³/mol. The highest BCUT2D eigenvalue weighted by Crippen LogP contribution is 2.36. The number of rotatable bonds is 6. The Morgan fingerprint density at radius 1 is 0.853 bits per heavy atom. The molecule has 6 nitrogen and oxygen atoms in total. The molecule has 1 heterocycles. The van der Waals surface area contributed by atoms with Gasteiger partial charge in [-0.25, -0.2) is 12.7 Å². The third kappa shape index (κ3) is 4.65. The Balaban J connectivity index is 1.46. The van der Waals surface area contributed by atoms with Crippen molar-refractivity contribution in [3.8, 4) is 0 Å². The van der Waals surface area contributed by atoms with Gasteiger partial charge in [0.15, 0.2) is 0 Å². The van der Waals surface area contributed by atoms with Crippen LogP contribution >= 0.6 is 0 Å². The van der Waals surface area contributed by atoms with E-state index in [2.05, 4.69) is 5.32 Å². The van der Waals surface area contributed by atoms with Crippen LogP contribution in [0.2, 0.25) is 0 Å². The third-order valence-corrected chi connectivity index (χ3v) is 7.76. The number of hydrogen-bond acceptors (Lipinski definition) is 4. The molecular formula is C27H26N2O4S. The fraction of sp³-hybridized carbons (Fsp3) is 0.185.